The lowest BCUT2D eigenvalue weighted by Crippen LogP contribution is -2.16. The number of aryl methyl sites for hydroxylation is 2. The Morgan fingerprint density at radius 1 is 1.24 bits per heavy atom. The summed E-state index contributed by atoms with van der Waals surface area (Å²) < 4.78 is 1.85. The molecular weight excluding hydrogens is 262 g/mol. The van der Waals surface area contributed by atoms with Crippen LogP contribution in [0.25, 0.3) is 0 Å². The maximum atomic E-state index is 12.3. The van der Waals surface area contributed by atoms with Crippen LogP contribution in [0.4, 0.5) is 11.4 Å². The number of nitrogens with one attached hydrogen (secondary N) is 1. The zero-order valence-corrected chi connectivity index (χ0v) is 12.7. The van der Waals surface area contributed by atoms with Crippen molar-refractivity contribution in [3.63, 3.8) is 0 Å². The zero-order chi connectivity index (χ0) is 15.2. The highest BCUT2D eigenvalue weighted by molar-refractivity contribution is 6.03. The molecule has 0 aliphatic heterocycles. The number of hydrogen-bond acceptors (Lipinski definition) is 2. The number of amides is 1. The molecule has 1 amide bonds. The molecule has 0 atom stereocenters. The molecule has 1 aromatic heterocycles. The number of nitrogens with zero attached hydrogens (tertiary/aromatic N) is 1. The fourth-order valence-corrected chi connectivity index (χ4v) is 2.32. The van der Waals surface area contributed by atoms with E-state index in [1.165, 1.54) is 18.4 Å². The maximum Gasteiger partial charge on any atom is 0.272 e. The number of nitrogens with two attached hydrogens (primary N) is 1. The molecule has 4 heteroatoms. The highest BCUT2D eigenvalue weighted by Crippen LogP contribution is 2.15. The first kappa shape index (κ1) is 15.2. The molecule has 21 heavy (non-hydrogen) atoms. The van der Waals surface area contributed by atoms with Gasteiger partial charge >= 0.3 is 0 Å². The van der Waals surface area contributed by atoms with Crippen LogP contribution in [0.5, 0.6) is 0 Å². The lowest BCUT2D eigenvalue weighted by molar-refractivity contribution is 0.101. The molecule has 0 unspecified atom stereocenters. The van der Waals surface area contributed by atoms with E-state index in [9.17, 15) is 4.79 Å². The number of rotatable bonds is 6. The first-order valence-corrected chi connectivity index (χ1v) is 7.50. The third-order valence-electron chi connectivity index (χ3n) is 3.52. The Balaban J connectivity index is 2.05. The van der Waals surface area contributed by atoms with E-state index in [0.29, 0.717) is 11.4 Å². The fraction of sp³-hybridized carbons (Fsp3) is 0.353. The van der Waals surface area contributed by atoms with E-state index in [1.54, 1.807) is 12.3 Å². The van der Waals surface area contributed by atoms with Gasteiger partial charge in [-0.15, -0.1) is 0 Å². The quantitative estimate of drug-likeness (QED) is 0.850. The Hall–Kier alpha value is -2.23. The number of aromatic nitrogens is 1. The molecule has 4 nitrogen and oxygen atoms in total. The second-order valence-corrected chi connectivity index (χ2v) is 5.20. The van der Waals surface area contributed by atoms with Crippen molar-refractivity contribution < 1.29 is 4.79 Å². The van der Waals surface area contributed by atoms with Gasteiger partial charge in [-0.2, -0.15) is 0 Å². The summed E-state index contributed by atoms with van der Waals surface area (Å²) in [6, 6.07) is 9.74. The smallest absolute Gasteiger partial charge is 0.272 e. The molecule has 3 N–H and O–H groups in total. The first-order valence-electron chi connectivity index (χ1n) is 7.50. The van der Waals surface area contributed by atoms with Crippen molar-refractivity contribution in [1.29, 1.82) is 0 Å². The van der Waals surface area contributed by atoms with Crippen LogP contribution in [0.1, 0.15) is 42.7 Å². The van der Waals surface area contributed by atoms with Gasteiger partial charge in [-0.3, -0.25) is 4.79 Å². The van der Waals surface area contributed by atoms with Gasteiger partial charge in [-0.05, 0) is 43.5 Å². The Morgan fingerprint density at radius 2 is 1.95 bits per heavy atom. The Labute approximate surface area is 126 Å². The van der Waals surface area contributed by atoms with Crippen molar-refractivity contribution in [2.45, 2.75) is 39.7 Å². The van der Waals surface area contributed by atoms with E-state index in [2.05, 4.69) is 24.4 Å². The zero-order valence-electron chi connectivity index (χ0n) is 12.7. The fourth-order valence-electron chi connectivity index (χ4n) is 2.32. The molecular formula is C17H23N3O. The van der Waals surface area contributed by atoms with E-state index in [1.807, 2.05) is 23.6 Å². The number of hydrogen-bond donors (Lipinski definition) is 2. The number of carbonyl (C=O) groups is 1. The summed E-state index contributed by atoms with van der Waals surface area (Å²) in [6.45, 7) is 4.89. The van der Waals surface area contributed by atoms with E-state index < -0.39 is 0 Å². The van der Waals surface area contributed by atoms with Gasteiger partial charge < -0.3 is 15.6 Å². The number of unbranched alkanes of at least 4 members (excludes halogenated alkanes) is 1. The predicted molar refractivity (Wildman–Crippen MR) is 87.5 cm³/mol. The van der Waals surface area contributed by atoms with Crippen molar-refractivity contribution in [3.8, 4) is 0 Å². The average Bonchev–Trinajstić information content (AvgIpc) is 2.88. The van der Waals surface area contributed by atoms with Crippen molar-refractivity contribution in [3.05, 3.63) is 47.8 Å². The molecule has 0 aliphatic carbocycles. The van der Waals surface area contributed by atoms with E-state index in [-0.39, 0.29) is 5.91 Å². The molecule has 0 aliphatic rings. The molecule has 0 saturated carbocycles. The molecule has 112 valence electrons. The van der Waals surface area contributed by atoms with Gasteiger partial charge in [0.1, 0.15) is 5.69 Å². The summed E-state index contributed by atoms with van der Waals surface area (Å²) in [5.74, 6) is -0.130. The summed E-state index contributed by atoms with van der Waals surface area (Å²) in [4.78, 5) is 12.3. The van der Waals surface area contributed by atoms with Gasteiger partial charge in [0, 0.05) is 18.4 Å². The number of carbonyl (C=O) groups excluding carboxylic acids is 1. The Kier molecular flexibility index (Phi) is 5.04. The highest BCUT2D eigenvalue weighted by atomic mass is 16.1. The van der Waals surface area contributed by atoms with Crippen LogP contribution in [0.2, 0.25) is 0 Å². The molecule has 0 bridgehead atoms. The largest absolute Gasteiger partial charge is 0.397 e. The first-order chi connectivity index (χ1) is 10.1. The molecule has 1 aromatic carbocycles. The van der Waals surface area contributed by atoms with Crippen LogP contribution in [0, 0.1) is 0 Å². The molecule has 0 fully saturated rings. The lowest BCUT2D eigenvalue weighted by atomic mass is 10.1. The van der Waals surface area contributed by atoms with E-state index >= 15 is 0 Å². The summed E-state index contributed by atoms with van der Waals surface area (Å²) in [5.41, 5.74) is 9.06. The minimum Gasteiger partial charge on any atom is -0.397 e. The normalized spacial score (nSPS) is 10.6. The second kappa shape index (κ2) is 6.97. The topological polar surface area (TPSA) is 60.1 Å². The summed E-state index contributed by atoms with van der Waals surface area (Å²) in [7, 11) is 0. The van der Waals surface area contributed by atoms with E-state index in [0.717, 1.165) is 18.7 Å². The summed E-state index contributed by atoms with van der Waals surface area (Å²) in [6.07, 6.45) is 5.24. The highest BCUT2D eigenvalue weighted by Gasteiger charge is 2.12. The standard InChI is InChI=1S/C17H23N3O/c1-3-5-6-13-7-9-15(10-8-13)19-17(21)16-11-14(18)12-20(16)4-2/h7-12H,3-6,18H2,1-2H3,(H,19,21). The molecule has 2 rings (SSSR count). The van der Waals surface area contributed by atoms with E-state index in [4.69, 9.17) is 5.73 Å². The van der Waals surface area contributed by atoms with Crippen LogP contribution in [0.15, 0.2) is 36.5 Å². The molecule has 2 aromatic rings. The minimum atomic E-state index is -0.130. The molecule has 0 spiro atoms. The number of anilines is 2. The SMILES string of the molecule is CCCCc1ccc(NC(=O)c2cc(N)cn2CC)cc1. The van der Waals surface area contributed by atoms with Gasteiger partial charge in [0.05, 0.1) is 5.69 Å². The molecule has 1 heterocycles. The number of benzene rings is 1. The lowest BCUT2D eigenvalue weighted by Gasteiger charge is -2.08. The monoisotopic (exact) mass is 285 g/mol. The maximum absolute atomic E-state index is 12.3. The van der Waals surface area contributed by atoms with Crippen molar-refractivity contribution in [1.82, 2.24) is 4.57 Å². The Morgan fingerprint density at radius 3 is 2.57 bits per heavy atom. The summed E-state index contributed by atoms with van der Waals surface area (Å²) >= 11 is 0. The average molecular weight is 285 g/mol. The van der Waals surface area contributed by atoms with Gasteiger partial charge in [-0.1, -0.05) is 25.5 Å². The van der Waals surface area contributed by atoms with Crippen LogP contribution in [-0.2, 0) is 13.0 Å². The van der Waals surface area contributed by atoms with Crippen molar-refractivity contribution in [2.75, 3.05) is 11.1 Å². The Bertz CT molecular complexity index is 599. The molecule has 0 radical (unpaired) electrons. The number of nitrogen functional groups attached to an aromatic ring is 1. The van der Waals surface area contributed by atoms with Crippen molar-refractivity contribution in [2.24, 2.45) is 0 Å². The van der Waals surface area contributed by atoms with Crippen LogP contribution < -0.4 is 11.1 Å². The van der Waals surface area contributed by atoms with Crippen LogP contribution >= 0.6 is 0 Å². The van der Waals surface area contributed by atoms with Crippen LogP contribution in [0.3, 0.4) is 0 Å². The third-order valence-corrected chi connectivity index (χ3v) is 3.52. The van der Waals surface area contributed by atoms with Crippen molar-refractivity contribution >= 4 is 17.3 Å². The molecule has 0 saturated heterocycles. The van der Waals surface area contributed by atoms with Gasteiger partial charge in [-0.25, -0.2) is 0 Å². The minimum absolute atomic E-state index is 0.130. The van der Waals surface area contributed by atoms with Crippen LogP contribution in [-0.4, -0.2) is 10.5 Å². The second-order valence-electron chi connectivity index (χ2n) is 5.20. The van der Waals surface area contributed by atoms with Gasteiger partial charge in [0.15, 0.2) is 0 Å². The summed E-state index contributed by atoms with van der Waals surface area (Å²) in [5, 5.41) is 2.91. The predicted octanol–water partition coefficient (Wildman–Crippen LogP) is 3.69. The van der Waals surface area contributed by atoms with Gasteiger partial charge in [0.25, 0.3) is 5.91 Å². The third kappa shape index (κ3) is 3.88. The van der Waals surface area contributed by atoms with Gasteiger partial charge in [0.2, 0.25) is 0 Å².